The normalized spacial score (nSPS) is 34.0. The molecule has 86 valence electrons. The van der Waals surface area contributed by atoms with Crippen LogP contribution in [-0.4, -0.2) is 18.3 Å². The molecule has 2 bridgehead atoms. The van der Waals surface area contributed by atoms with Gasteiger partial charge in [-0.25, -0.2) is 0 Å². The number of hydrogen-bond donors (Lipinski definition) is 1. The van der Waals surface area contributed by atoms with Crippen LogP contribution in [0.1, 0.15) is 24.8 Å². The zero-order chi connectivity index (χ0) is 11.5. The number of para-hydroxylation sites is 1. The number of piperidine rings is 1. The Bertz CT molecular complexity index is 544. The summed E-state index contributed by atoms with van der Waals surface area (Å²) >= 11 is 0. The Kier molecular flexibility index (Phi) is 1.74. The molecule has 1 aromatic carbocycles. The van der Waals surface area contributed by atoms with E-state index in [-0.39, 0.29) is 5.41 Å². The summed E-state index contributed by atoms with van der Waals surface area (Å²) in [5.74, 6) is 0. The van der Waals surface area contributed by atoms with E-state index in [1.165, 1.54) is 22.5 Å². The molecule has 1 aromatic rings. The third-order valence-corrected chi connectivity index (χ3v) is 4.60. The first kappa shape index (κ1) is 9.60. The number of rotatable bonds is 0. The monoisotopic (exact) mass is 224 g/mol. The Balaban J connectivity index is 2.01. The predicted molar refractivity (Wildman–Crippen MR) is 70.0 cm³/mol. The van der Waals surface area contributed by atoms with Gasteiger partial charge in [-0.1, -0.05) is 30.4 Å². The first-order valence-corrected chi connectivity index (χ1v) is 6.42. The Morgan fingerprint density at radius 2 is 2.24 bits per heavy atom. The number of fused-ring (bicyclic) bond motifs is 1. The molecule has 2 heteroatoms. The Morgan fingerprint density at radius 3 is 3.18 bits per heavy atom. The van der Waals surface area contributed by atoms with Crippen molar-refractivity contribution in [1.82, 2.24) is 5.32 Å². The summed E-state index contributed by atoms with van der Waals surface area (Å²) in [4.78, 5) is 4.89. The van der Waals surface area contributed by atoms with Gasteiger partial charge in [-0.05, 0) is 37.4 Å². The van der Waals surface area contributed by atoms with Gasteiger partial charge in [0.15, 0.2) is 0 Å². The smallest absolute Gasteiger partial charge is 0.0675 e. The van der Waals surface area contributed by atoms with Crippen molar-refractivity contribution in [3.63, 3.8) is 0 Å². The molecule has 1 N–H and O–H groups in total. The van der Waals surface area contributed by atoms with Crippen LogP contribution in [0.25, 0.3) is 0 Å². The molecular weight excluding hydrogens is 208 g/mol. The molecule has 0 aromatic heterocycles. The Hall–Kier alpha value is -1.41. The van der Waals surface area contributed by atoms with Gasteiger partial charge >= 0.3 is 0 Å². The summed E-state index contributed by atoms with van der Waals surface area (Å²) < 4.78 is 0. The largest absolute Gasteiger partial charge is 0.309 e. The van der Waals surface area contributed by atoms with Crippen LogP contribution in [0.2, 0.25) is 0 Å². The molecule has 2 heterocycles. The minimum Gasteiger partial charge on any atom is -0.309 e. The van der Waals surface area contributed by atoms with Gasteiger partial charge < -0.3 is 5.32 Å². The number of nitrogens with one attached hydrogen (secondary N) is 1. The van der Waals surface area contributed by atoms with E-state index in [4.69, 9.17) is 4.99 Å². The van der Waals surface area contributed by atoms with Gasteiger partial charge in [0.2, 0.25) is 0 Å². The van der Waals surface area contributed by atoms with Crippen molar-refractivity contribution in [1.29, 1.82) is 0 Å². The molecule has 3 aliphatic rings. The van der Waals surface area contributed by atoms with E-state index in [2.05, 4.69) is 36.2 Å². The zero-order valence-corrected chi connectivity index (χ0v) is 9.87. The number of allylic oxidation sites excluding steroid dienone is 1. The maximum absolute atomic E-state index is 4.89. The molecule has 17 heavy (non-hydrogen) atoms. The second-order valence-electron chi connectivity index (χ2n) is 5.32. The molecule has 1 saturated carbocycles. The molecule has 2 nitrogen and oxygen atoms in total. The number of benzene rings is 1. The molecule has 2 fully saturated rings. The lowest BCUT2D eigenvalue weighted by molar-refractivity contribution is 0.407. The summed E-state index contributed by atoms with van der Waals surface area (Å²) in [6.07, 6.45) is 3.41. The van der Waals surface area contributed by atoms with E-state index in [0.717, 1.165) is 25.8 Å². The summed E-state index contributed by atoms with van der Waals surface area (Å²) in [6, 6.07) is 9.06. The zero-order valence-electron chi connectivity index (χ0n) is 9.87. The molecule has 0 radical (unpaired) electrons. The highest BCUT2D eigenvalue weighted by Gasteiger charge is 2.52. The standard InChI is InChI=1S/C15H16N2/c1-10-6-7-13-14-15(10,8-9-16-13)11-4-2-3-5-12(11)17-14/h2-5,13,16H,1,6-9H2. The maximum Gasteiger partial charge on any atom is 0.0675 e. The second-order valence-corrected chi connectivity index (χ2v) is 5.32. The van der Waals surface area contributed by atoms with Gasteiger partial charge in [-0.3, -0.25) is 4.99 Å². The van der Waals surface area contributed by atoms with Gasteiger partial charge in [-0.15, -0.1) is 0 Å². The van der Waals surface area contributed by atoms with Crippen molar-refractivity contribution in [3.05, 3.63) is 42.0 Å². The fourth-order valence-corrected chi connectivity index (χ4v) is 3.78. The van der Waals surface area contributed by atoms with E-state index in [1.54, 1.807) is 0 Å². The minimum absolute atomic E-state index is 0.0742. The highest BCUT2D eigenvalue weighted by atomic mass is 15.0. The Morgan fingerprint density at radius 1 is 1.35 bits per heavy atom. The van der Waals surface area contributed by atoms with Crippen molar-refractivity contribution < 1.29 is 0 Å². The Labute approximate surface area is 101 Å². The second kappa shape index (κ2) is 3.08. The molecule has 1 aliphatic carbocycles. The maximum atomic E-state index is 4.89. The summed E-state index contributed by atoms with van der Waals surface area (Å²) in [6.45, 7) is 5.44. The molecule has 2 atom stereocenters. The molecule has 1 saturated heterocycles. The summed E-state index contributed by atoms with van der Waals surface area (Å²) in [5.41, 5.74) is 5.34. The SMILES string of the molecule is C=C1CCC2NCCC13C2=Nc1ccccc13. The molecule has 4 rings (SSSR count). The third-order valence-electron chi connectivity index (χ3n) is 4.60. The van der Waals surface area contributed by atoms with Crippen LogP contribution in [0, 0.1) is 0 Å². The van der Waals surface area contributed by atoms with Crippen LogP contribution < -0.4 is 5.32 Å². The van der Waals surface area contributed by atoms with E-state index in [9.17, 15) is 0 Å². The molecule has 0 spiro atoms. The highest BCUT2D eigenvalue weighted by Crippen LogP contribution is 2.52. The van der Waals surface area contributed by atoms with Gasteiger partial charge in [0.25, 0.3) is 0 Å². The average Bonchev–Trinajstić information content (AvgIpc) is 2.71. The van der Waals surface area contributed by atoms with Crippen LogP contribution in [0.3, 0.4) is 0 Å². The van der Waals surface area contributed by atoms with E-state index < -0.39 is 0 Å². The highest BCUT2D eigenvalue weighted by molar-refractivity contribution is 6.09. The van der Waals surface area contributed by atoms with Gasteiger partial charge in [-0.2, -0.15) is 0 Å². The van der Waals surface area contributed by atoms with Gasteiger partial charge in [0, 0.05) is 6.04 Å². The van der Waals surface area contributed by atoms with Crippen LogP contribution in [0.5, 0.6) is 0 Å². The van der Waals surface area contributed by atoms with Crippen molar-refractivity contribution in [3.8, 4) is 0 Å². The van der Waals surface area contributed by atoms with Crippen LogP contribution in [0.15, 0.2) is 41.4 Å². The van der Waals surface area contributed by atoms with Crippen LogP contribution in [-0.2, 0) is 5.41 Å². The molecule has 2 aliphatic heterocycles. The summed E-state index contributed by atoms with van der Waals surface area (Å²) in [7, 11) is 0. The number of hydrogen-bond acceptors (Lipinski definition) is 2. The van der Waals surface area contributed by atoms with Crippen molar-refractivity contribution in [2.45, 2.75) is 30.7 Å². The van der Waals surface area contributed by atoms with Crippen LogP contribution in [0.4, 0.5) is 5.69 Å². The lowest BCUT2D eigenvalue weighted by Crippen LogP contribution is -2.57. The van der Waals surface area contributed by atoms with Crippen LogP contribution >= 0.6 is 0 Å². The predicted octanol–water partition coefficient (Wildman–Crippen LogP) is 2.72. The summed E-state index contributed by atoms with van der Waals surface area (Å²) in [5, 5.41) is 3.60. The fraction of sp³-hybridized carbons (Fsp3) is 0.400. The van der Waals surface area contributed by atoms with Gasteiger partial charge in [0.1, 0.15) is 0 Å². The topological polar surface area (TPSA) is 24.4 Å². The van der Waals surface area contributed by atoms with Gasteiger partial charge in [0.05, 0.1) is 16.8 Å². The number of aliphatic imine (C=N–C) groups is 1. The van der Waals surface area contributed by atoms with Crippen molar-refractivity contribution in [2.75, 3.05) is 6.54 Å². The average molecular weight is 224 g/mol. The van der Waals surface area contributed by atoms with E-state index >= 15 is 0 Å². The minimum atomic E-state index is 0.0742. The first-order valence-electron chi connectivity index (χ1n) is 6.42. The fourth-order valence-electron chi connectivity index (χ4n) is 3.78. The van der Waals surface area contributed by atoms with E-state index in [1.807, 2.05) is 0 Å². The quantitative estimate of drug-likeness (QED) is 0.673. The lowest BCUT2D eigenvalue weighted by Gasteiger charge is -2.46. The van der Waals surface area contributed by atoms with Crippen molar-refractivity contribution in [2.24, 2.45) is 4.99 Å². The van der Waals surface area contributed by atoms with E-state index in [0.29, 0.717) is 6.04 Å². The lowest BCUT2D eigenvalue weighted by atomic mass is 9.61. The van der Waals surface area contributed by atoms with Crippen molar-refractivity contribution >= 4 is 11.4 Å². The molecular formula is C15H16N2. The molecule has 2 unspecified atom stereocenters. The number of nitrogens with zero attached hydrogens (tertiary/aromatic N) is 1. The third kappa shape index (κ3) is 1.02. The first-order chi connectivity index (χ1) is 8.32. The molecule has 0 amide bonds.